The molecule has 25 heavy (non-hydrogen) atoms. The Hall–Kier alpha value is -2.41. The van der Waals surface area contributed by atoms with Crippen molar-refractivity contribution in [3.8, 4) is 0 Å². The van der Waals surface area contributed by atoms with E-state index in [2.05, 4.69) is 61.0 Å². The molecule has 7 nitrogen and oxygen atoms in total. The predicted molar refractivity (Wildman–Crippen MR) is 97.2 cm³/mol. The summed E-state index contributed by atoms with van der Waals surface area (Å²) in [5.41, 5.74) is 1.33. The van der Waals surface area contributed by atoms with Crippen molar-refractivity contribution in [3.05, 3.63) is 47.6 Å². The van der Waals surface area contributed by atoms with Gasteiger partial charge in [0.2, 0.25) is 5.89 Å². The summed E-state index contributed by atoms with van der Waals surface area (Å²) in [6, 6.07) is 11.0. The average Bonchev–Trinajstić information content (AvgIpc) is 3.31. The van der Waals surface area contributed by atoms with Crippen LogP contribution in [0.15, 0.2) is 39.8 Å². The second-order valence-corrected chi connectivity index (χ2v) is 6.21. The van der Waals surface area contributed by atoms with Gasteiger partial charge in [0.25, 0.3) is 0 Å². The van der Waals surface area contributed by atoms with E-state index < -0.39 is 0 Å². The zero-order valence-electron chi connectivity index (χ0n) is 14.9. The standard InChI is InChI=1S/C18H26N6O/c1-14-22-17(25-23-14)13-21-18(19-2)20-12-16(24-10-6-7-11-24)15-8-4-3-5-9-15/h3-5,8-9,16H,6-7,10-13H2,1-2H3,(H2,19,20,21). The van der Waals surface area contributed by atoms with Gasteiger partial charge in [-0.2, -0.15) is 4.98 Å². The maximum absolute atomic E-state index is 5.12. The largest absolute Gasteiger partial charge is 0.354 e. The van der Waals surface area contributed by atoms with Gasteiger partial charge in [0.05, 0.1) is 12.6 Å². The molecule has 0 aliphatic carbocycles. The highest BCUT2D eigenvalue weighted by atomic mass is 16.5. The van der Waals surface area contributed by atoms with Crippen molar-refractivity contribution in [1.29, 1.82) is 0 Å². The summed E-state index contributed by atoms with van der Waals surface area (Å²) in [5.74, 6) is 1.92. The zero-order chi connectivity index (χ0) is 17.5. The molecule has 3 rings (SSSR count). The number of rotatable bonds is 6. The summed E-state index contributed by atoms with van der Waals surface area (Å²) in [6.45, 7) is 5.36. The highest BCUT2D eigenvalue weighted by molar-refractivity contribution is 5.79. The van der Waals surface area contributed by atoms with Crippen LogP contribution < -0.4 is 10.6 Å². The maximum atomic E-state index is 5.12. The lowest BCUT2D eigenvalue weighted by atomic mass is 10.1. The molecule has 2 heterocycles. The third-order valence-electron chi connectivity index (χ3n) is 4.43. The Morgan fingerprint density at radius 1 is 1.24 bits per heavy atom. The molecule has 0 spiro atoms. The smallest absolute Gasteiger partial charge is 0.246 e. The highest BCUT2D eigenvalue weighted by Gasteiger charge is 2.23. The molecule has 1 aliphatic heterocycles. The van der Waals surface area contributed by atoms with Crippen molar-refractivity contribution in [2.75, 3.05) is 26.7 Å². The molecule has 0 bridgehead atoms. The van der Waals surface area contributed by atoms with Gasteiger partial charge in [-0.25, -0.2) is 0 Å². The van der Waals surface area contributed by atoms with Gasteiger partial charge in [0.1, 0.15) is 0 Å². The van der Waals surface area contributed by atoms with E-state index in [0.717, 1.165) is 25.6 Å². The van der Waals surface area contributed by atoms with Crippen molar-refractivity contribution >= 4 is 5.96 Å². The van der Waals surface area contributed by atoms with Crippen LogP contribution in [-0.2, 0) is 6.54 Å². The van der Waals surface area contributed by atoms with Gasteiger partial charge in [-0.3, -0.25) is 9.89 Å². The van der Waals surface area contributed by atoms with E-state index in [1.165, 1.54) is 18.4 Å². The molecule has 2 N–H and O–H groups in total. The van der Waals surface area contributed by atoms with Gasteiger partial charge in [-0.05, 0) is 38.4 Å². The summed E-state index contributed by atoms with van der Waals surface area (Å²) in [6.07, 6.45) is 2.54. The van der Waals surface area contributed by atoms with Crippen LogP contribution in [0.3, 0.4) is 0 Å². The van der Waals surface area contributed by atoms with Gasteiger partial charge >= 0.3 is 0 Å². The van der Waals surface area contributed by atoms with E-state index in [1.54, 1.807) is 14.0 Å². The lowest BCUT2D eigenvalue weighted by Crippen LogP contribution is -2.42. The van der Waals surface area contributed by atoms with Gasteiger partial charge in [0.15, 0.2) is 11.8 Å². The molecule has 7 heteroatoms. The van der Waals surface area contributed by atoms with Crippen molar-refractivity contribution in [2.24, 2.45) is 4.99 Å². The van der Waals surface area contributed by atoms with Crippen molar-refractivity contribution in [1.82, 2.24) is 25.7 Å². The first-order valence-corrected chi connectivity index (χ1v) is 8.79. The van der Waals surface area contributed by atoms with Crippen molar-refractivity contribution < 1.29 is 4.52 Å². The minimum atomic E-state index is 0.341. The van der Waals surface area contributed by atoms with E-state index in [0.29, 0.717) is 24.3 Å². The molecule has 2 aromatic rings. The molecule has 1 saturated heterocycles. The average molecular weight is 342 g/mol. The summed E-state index contributed by atoms with van der Waals surface area (Å²) < 4.78 is 5.12. The summed E-state index contributed by atoms with van der Waals surface area (Å²) in [5, 5.41) is 10.4. The third kappa shape index (κ3) is 4.79. The number of aryl methyl sites for hydroxylation is 1. The topological polar surface area (TPSA) is 78.6 Å². The third-order valence-corrected chi connectivity index (χ3v) is 4.43. The molecule has 0 amide bonds. The second kappa shape index (κ2) is 8.62. The quantitative estimate of drug-likeness (QED) is 0.616. The predicted octanol–water partition coefficient (Wildman–Crippen LogP) is 1.88. The summed E-state index contributed by atoms with van der Waals surface area (Å²) in [7, 11) is 1.77. The Morgan fingerprint density at radius 2 is 2.00 bits per heavy atom. The first-order chi connectivity index (χ1) is 12.3. The number of benzene rings is 1. The Balaban J connectivity index is 1.59. The van der Waals surface area contributed by atoms with E-state index in [1.807, 2.05) is 0 Å². The number of nitrogens with zero attached hydrogens (tertiary/aromatic N) is 4. The fraction of sp³-hybridized carbons (Fsp3) is 0.500. The molecule has 134 valence electrons. The van der Waals surface area contributed by atoms with E-state index >= 15 is 0 Å². The lowest BCUT2D eigenvalue weighted by molar-refractivity contribution is 0.245. The van der Waals surface area contributed by atoms with Crippen LogP contribution in [0.1, 0.15) is 36.2 Å². The number of guanidine groups is 1. The fourth-order valence-corrected chi connectivity index (χ4v) is 3.17. The number of hydrogen-bond donors (Lipinski definition) is 2. The first kappa shape index (κ1) is 17.4. The highest BCUT2D eigenvalue weighted by Crippen LogP contribution is 2.24. The van der Waals surface area contributed by atoms with Crippen molar-refractivity contribution in [2.45, 2.75) is 32.4 Å². The number of hydrogen-bond acceptors (Lipinski definition) is 5. The van der Waals surface area contributed by atoms with Crippen LogP contribution in [0.4, 0.5) is 0 Å². The van der Waals surface area contributed by atoms with Crippen molar-refractivity contribution in [3.63, 3.8) is 0 Å². The van der Waals surface area contributed by atoms with Crippen LogP contribution in [0.5, 0.6) is 0 Å². The van der Waals surface area contributed by atoms with Gasteiger partial charge in [-0.1, -0.05) is 35.5 Å². The molecular weight excluding hydrogens is 316 g/mol. The molecule has 0 radical (unpaired) electrons. The fourth-order valence-electron chi connectivity index (χ4n) is 3.17. The van der Waals surface area contributed by atoms with Crippen LogP contribution in [-0.4, -0.2) is 47.7 Å². The summed E-state index contributed by atoms with van der Waals surface area (Å²) in [4.78, 5) is 11.0. The van der Waals surface area contributed by atoms with Crippen LogP contribution in [0.2, 0.25) is 0 Å². The molecule has 1 aromatic carbocycles. The number of aromatic nitrogens is 2. The minimum Gasteiger partial charge on any atom is -0.354 e. The Morgan fingerprint density at radius 3 is 2.64 bits per heavy atom. The van der Waals surface area contributed by atoms with Crippen LogP contribution >= 0.6 is 0 Å². The maximum Gasteiger partial charge on any atom is 0.246 e. The number of aliphatic imine (C=N–C) groups is 1. The zero-order valence-corrected chi connectivity index (χ0v) is 14.9. The molecular formula is C18H26N6O. The second-order valence-electron chi connectivity index (χ2n) is 6.21. The van der Waals surface area contributed by atoms with Crippen LogP contribution in [0.25, 0.3) is 0 Å². The van der Waals surface area contributed by atoms with Crippen LogP contribution in [0, 0.1) is 6.92 Å². The lowest BCUT2D eigenvalue weighted by Gasteiger charge is -2.28. The molecule has 1 aliphatic rings. The number of nitrogens with one attached hydrogen (secondary N) is 2. The molecule has 1 aromatic heterocycles. The van der Waals surface area contributed by atoms with E-state index in [-0.39, 0.29) is 0 Å². The molecule has 1 atom stereocenters. The SMILES string of the molecule is CN=C(NCc1nc(C)no1)NCC(c1ccccc1)N1CCCC1. The van der Waals surface area contributed by atoms with E-state index in [9.17, 15) is 0 Å². The Bertz CT molecular complexity index is 678. The van der Waals surface area contributed by atoms with Gasteiger partial charge in [0, 0.05) is 13.6 Å². The molecule has 1 unspecified atom stereocenters. The van der Waals surface area contributed by atoms with Gasteiger partial charge in [-0.15, -0.1) is 0 Å². The Labute approximate surface area is 148 Å². The minimum absolute atomic E-state index is 0.341. The van der Waals surface area contributed by atoms with Gasteiger partial charge < -0.3 is 15.2 Å². The first-order valence-electron chi connectivity index (χ1n) is 8.79. The van der Waals surface area contributed by atoms with E-state index in [4.69, 9.17) is 4.52 Å². The Kier molecular flexibility index (Phi) is 6.00. The number of likely N-dealkylation sites (tertiary alicyclic amines) is 1. The molecule has 1 fully saturated rings. The monoisotopic (exact) mass is 342 g/mol. The normalized spacial score (nSPS) is 16.8. The summed E-state index contributed by atoms with van der Waals surface area (Å²) >= 11 is 0. The molecule has 0 saturated carbocycles.